The van der Waals surface area contributed by atoms with Crippen LogP contribution in [0.3, 0.4) is 0 Å². The molecule has 0 N–H and O–H groups in total. The smallest absolute Gasteiger partial charge is 0.425 e. The van der Waals surface area contributed by atoms with Crippen molar-refractivity contribution in [2.24, 2.45) is 0 Å². The van der Waals surface area contributed by atoms with Gasteiger partial charge in [-0.3, -0.25) is 4.79 Å². The maximum absolute atomic E-state index is 13.1. The maximum atomic E-state index is 13.1. The van der Waals surface area contributed by atoms with Gasteiger partial charge in [0.25, 0.3) is 0 Å². The normalized spacial score (nSPS) is 18.2. The fraction of sp³-hybridized carbons (Fsp3) is 0.500. The summed E-state index contributed by atoms with van der Waals surface area (Å²) in [4.78, 5) is 54.2. The standard InChI is InChI=1S/C28H34ClN5O6/c1-8-23(35)33-15-28(9-10-28)38-14-20(33)17-11-19(32-21(29)12-17)18-13-22(31-16-30-18)34(24(36)39-26(2,3)4)25(37)40-27(5,6)7/h8,11-13,16,20H,1,9-10,14-15H2,2-7H3. The monoisotopic (exact) mass is 571 g/mol. The van der Waals surface area contributed by atoms with E-state index in [0.29, 0.717) is 29.3 Å². The highest BCUT2D eigenvalue weighted by Crippen LogP contribution is 2.46. The molecule has 2 aromatic rings. The molecule has 1 aliphatic carbocycles. The fourth-order valence-electron chi connectivity index (χ4n) is 4.21. The van der Waals surface area contributed by atoms with E-state index in [1.54, 1.807) is 58.6 Å². The SMILES string of the molecule is C=CC(=O)N1CC2(CC2)OCC1c1cc(Cl)nc(-c2cc(N(C(=O)OC(C)(C)C)C(=O)OC(C)(C)C)ncn2)c1. The van der Waals surface area contributed by atoms with Crippen molar-refractivity contribution in [3.63, 3.8) is 0 Å². The first-order valence-corrected chi connectivity index (χ1v) is 13.3. The highest BCUT2D eigenvalue weighted by atomic mass is 35.5. The van der Waals surface area contributed by atoms with Crippen LogP contribution in [0.4, 0.5) is 15.4 Å². The third kappa shape index (κ3) is 6.95. The summed E-state index contributed by atoms with van der Waals surface area (Å²) < 4.78 is 17.0. The molecule has 0 radical (unpaired) electrons. The highest BCUT2D eigenvalue weighted by molar-refractivity contribution is 6.29. The van der Waals surface area contributed by atoms with Crippen molar-refractivity contribution in [1.29, 1.82) is 0 Å². The van der Waals surface area contributed by atoms with Crippen molar-refractivity contribution in [2.75, 3.05) is 18.1 Å². The summed E-state index contributed by atoms with van der Waals surface area (Å²) in [7, 11) is 0. The number of nitrogens with zero attached hydrogens (tertiary/aromatic N) is 5. The molecule has 1 spiro atoms. The zero-order valence-corrected chi connectivity index (χ0v) is 24.3. The zero-order valence-electron chi connectivity index (χ0n) is 23.6. The Bertz CT molecular complexity index is 1300. The lowest BCUT2D eigenvalue weighted by atomic mass is 10.0. The van der Waals surface area contributed by atoms with Crippen molar-refractivity contribution < 1.29 is 28.6 Å². The van der Waals surface area contributed by atoms with Crippen LogP contribution in [0.5, 0.6) is 0 Å². The van der Waals surface area contributed by atoms with Crippen molar-refractivity contribution >= 4 is 35.5 Å². The van der Waals surface area contributed by atoms with E-state index < -0.39 is 29.4 Å². The predicted molar refractivity (Wildman–Crippen MR) is 148 cm³/mol. The number of imide groups is 1. The summed E-state index contributed by atoms with van der Waals surface area (Å²) in [5.74, 6) is -0.277. The molecular formula is C28H34ClN5O6. The number of anilines is 1. The minimum atomic E-state index is -0.960. The first-order chi connectivity index (χ1) is 18.6. The number of morpholine rings is 1. The molecule has 3 amide bonds. The molecule has 2 aromatic heterocycles. The van der Waals surface area contributed by atoms with Crippen molar-refractivity contribution in [3.05, 3.63) is 47.9 Å². The van der Waals surface area contributed by atoms with Crippen LogP contribution in [0, 0.1) is 0 Å². The van der Waals surface area contributed by atoms with Gasteiger partial charge in [0.2, 0.25) is 5.91 Å². The molecule has 1 unspecified atom stereocenters. The Kier molecular flexibility index (Phi) is 7.92. The lowest BCUT2D eigenvalue weighted by Gasteiger charge is -2.40. The molecule has 1 atom stereocenters. The summed E-state index contributed by atoms with van der Waals surface area (Å²) in [5.41, 5.74) is -0.737. The fourth-order valence-corrected chi connectivity index (χ4v) is 4.42. The number of ether oxygens (including phenoxy) is 3. The minimum Gasteiger partial charge on any atom is -0.443 e. The van der Waals surface area contributed by atoms with Crippen LogP contribution in [0.25, 0.3) is 11.4 Å². The number of carbonyl (C=O) groups excluding carboxylic acids is 3. The maximum Gasteiger partial charge on any atom is 0.425 e. The molecule has 2 aliphatic rings. The van der Waals surface area contributed by atoms with Crippen LogP contribution < -0.4 is 4.90 Å². The van der Waals surface area contributed by atoms with Gasteiger partial charge >= 0.3 is 12.2 Å². The van der Waals surface area contributed by atoms with E-state index >= 15 is 0 Å². The number of pyridine rings is 1. The van der Waals surface area contributed by atoms with Gasteiger partial charge in [-0.15, -0.1) is 0 Å². The average Bonchev–Trinajstić information content (AvgIpc) is 3.59. The summed E-state index contributed by atoms with van der Waals surface area (Å²) in [6.07, 6.45) is 2.37. The van der Waals surface area contributed by atoms with E-state index in [9.17, 15) is 14.4 Å². The minimum absolute atomic E-state index is 0.0723. The average molecular weight is 572 g/mol. The van der Waals surface area contributed by atoms with E-state index in [1.807, 2.05) is 0 Å². The van der Waals surface area contributed by atoms with Crippen LogP contribution in [-0.4, -0.2) is 67.9 Å². The molecular weight excluding hydrogens is 538 g/mol. The second-order valence-corrected chi connectivity index (χ2v) is 12.2. The predicted octanol–water partition coefficient (Wildman–Crippen LogP) is 5.49. The molecule has 40 heavy (non-hydrogen) atoms. The summed E-state index contributed by atoms with van der Waals surface area (Å²) in [6, 6.07) is 4.41. The number of rotatable bonds is 4. The molecule has 0 bridgehead atoms. The van der Waals surface area contributed by atoms with Gasteiger partial charge in [-0.2, -0.15) is 4.90 Å². The molecule has 0 aromatic carbocycles. The first-order valence-electron chi connectivity index (χ1n) is 12.9. The molecule has 1 saturated carbocycles. The van der Waals surface area contributed by atoms with E-state index in [0.717, 1.165) is 12.8 Å². The number of amides is 3. The second kappa shape index (κ2) is 10.8. The van der Waals surface area contributed by atoms with E-state index in [2.05, 4.69) is 21.5 Å². The largest absolute Gasteiger partial charge is 0.443 e. The second-order valence-electron chi connectivity index (χ2n) is 11.8. The Morgan fingerprint density at radius 1 is 1.05 bits per heavy atom. The zero-order chi connectivity index (χ0) is 29.5. The van der Waals surface area contributed by atoms with Crippen molar-refractivity contribution in [3.8, 4) is 11.4 Å². The van der Waals surface area contributed by atoms with Gasteiger partial charge in [0, 0.05) is 6.07 Å². The van der Waals surface area contributed by atoms with Crippen molar-refractivity contribution in [1.82, 2.24) is 19.9 Å². The molecule has 11 nitrogen and oxygen atoms in total. The van der Waals surface area contributed by atoms with Crippen LogP contribution >= 0.6 is 11.6 Å². The van der Waals surface area contributed by atoms with Gasteiger partial charge in [-0.1, -0.05) is 18.2 Å². The van der Waals surface area contributed by atoms with Gasteiger partial charge in [0.05, 0.1) is 36.2 Å². The van der Waals surface area contributed by atoms with Gasteiger partial charge in [0.1, 0.15) is 22.7 Å². The number of carbonyl (C=O) groups is 3. The van der Waals surface area contributed by atoms with Crippen molar-refractivity contribution in [2.45, 2.75) is 77.2 Å². The number of halogens is 1. The third-order valence-electron chi connectivity index (χ3n) is 6.14. The first kappa shape index (κ1) is 29.4. The molecule has 4 rings (SSSR count). The van der Waals surface area contributed by atoms with Gasteiger partial charge in [0.15, 0.2) is 5.82 Å². The van der Waals surface area contributed by atoms with Crippen LogP contribution in [0.2, 0.25) is 5.15 Å². The van der Waals surface area contributed by atoms with Gasteiger partial charge in [-0.25, -0.2) is 24.5 Å². The van der Waals surface area contributed by atoms with E-state index in [-0.39, 0.29) is 28.2 Å². The number of hydrogen-bond acceptors (Lipinski definition) is 9. The van der Waals surface area contributed by atoms with Crippen LogP contribution in [-0.2, 0) is 19.0 Å². The Balaban J connectivity index is 1.71. The lowest BCUT2D eigenvalue weighted by Crippen LogP contribution is -2.48. The third-order valence-corrected chi connectivity index (χ3v) is 6.34. The Labute approximate surface area is 238 Å². The Morgan fingerprint density at radius 2 is 1.68 bits per heavy atom. The van der Waals surface area contributed by atoms with Crippen LogP contribution in [0.1, 0.15) is 66.0 Å². The molecule has 2 fully saturated rings. The Morgan fingerprint density at radius 3 is 2.23 bits per heavy atom. The highest BCUT2D eigenvalue weighted by Gasteiger charge is 2.51. The molecule has 1 saturated heterocycles. The summed E-state index contributed by atoms with van der Waals surface area (Å²) in [5, 5.41) is 0.168. The van der Waals surface area contributed by atoms with Crippen LogP contribution in [0.15, 0.2) is 37.2 Å². The molecule has 3 heterocycles. The summed E-state index contributed by atoms with van der Waals surface area (Å²) >= 11 is 6.42. The molecule has 1 aliphatic heterocycles. The topological polar surface area (TPSA) is 124 Å². The van der Waals surface area contributed by atoms with E-state index in [1.165, 1.54) is 18.5 Å². The van der Waals surface area contributed by atoms with Gasteiger partial charge in [-0.05, 0) is 78.2 Å². The molecule has 12 heteroatoms. The van der Waals surface area contributed by atoms with Gasteiger partial charge < -0.3 is 19.1 Å². The lowest BCUT2D eigenvalue weighted by molar-refractivity contribution is -0.143. The quantitative estimate of drug-likeness (QED) is 0.346. The number of aromatic nitrogens is 3. The number of hydrogen-bond donors (Lipinski definition) is 0. The molecule has 214 valence electrons. The van der Waals surface area contributed by atoms with E-state index in [4.69, 9.17) is 25.8 Å². The summed E-state index contributed by atoms with van der Waals surface area (Å²) in [6.45, 7) is 14.5. The Hall–Kier alpha value is -3.57.